The monoisotopic (exact) mass is 281 g/mol. The van der Waals surface area contributed by atoms with Gasteiger partial charge in [-0.25, -0.2) is 0 Å². The highest BCUT2D eigenvalue weighted by Gasteiger charge is 2.16. The summed E-state index contributed by atoms with van der Waals surface area (Å²) in [4.78, 5) is 11.6. The van der Waals surface area contributed by atoms with Crippen LogP contribution in [0.4, 0.5) is 0 Å². The van der Waals surface area contributed by atoms with Crippen molar-refractivity contribution in [3.05, 3.63) is 35.4 Å². The highest BCUT2D eigenvalue weighted by Crippen LogP contribution is 2.38. The third-order valence-corrected chi connectivity index (χ3v) is 2.95. The van der Waals surface area contributed by atoms with Crippen LogP contribution in [-0.2, 0) is 11.2 Å². The number of fused-ring (bicyclic) bond motifs is 1. The number of carbonyl (C=O) groups excluding carboxylic acids is 1. The number of hydrogen-bond donors (Lipinski definition) is 1. The van der Waals surface area contributed by atoms with Gasteiger partial charge in [0.15, 0.2) is 11.5 Å². The number of nitrogens with one attached hydrogen (secondary N) is 1. The van der Waals surface area contributed by atoms with Gasteiger partial charge in [-0.1, -0.05) is 17.7 Å². The molecule has 1 amide bonds. The summed E-state index contributed by atoms with van der Waals surface area (Å²) in [5.41, 5.74) is 0.802. The molecule has 0 spiro atoms. The van der Waals surface area contributed by atoms with E-state index in [0.717, 1.165) is 12.0 Å². The fraction of sp³-hybridized carbons (Fsp3) is 0.357. The van der Waals surface area contributed by atoms with Crippen LogP contribution in [-0.4, -0.2) is 25.7 Å². The summed E-state index contributed by atoms with van der Waals surface area (Å²) in [5, 5.41) is 3.20. The molecule has 1 heterocycles. The van der Waals surface area contributed by atoms with Crippen LogP contribution >= 0.6 is 11.6 Å². The lowest BCUT2D eigenvalue weighted by atomic mass is 10.1. The second-order valence-electron chi connectivity index (χ2n) is 4.22. The molecule has 5 heteroatoms. The summed E-state index contributed by atoms with van der Waals surface area (Å²) in [7, 11) is 0. The summed E-state index contributed by atoms with van der Waals surface area (Å²) in [5.74, 6) is 1.09. The molecule has 0 unspecified atom stereocenters. The van der Waals surface area contributed by atoms with Crippen LogP contribution in [0.5, 0.6) is 11.5 Å². The van der Waals surface area contributed by atoms with Crippen molar-refractivity contribution >= 4 is 17.5 Å². The van der Waals surface area contributed by atoms with Gasteiger partial charge in [-0.2, -0.15) is 0 Å². The van der Waals surface area contributed by atoms with Gasteiger partial charge in [0, 0.05) is 13.0 Å². The smallest absolute Gasteiger partial charge is 0.224 e. The zero-order valence-electron chi connectivity index (χ0n) is 10.6. The highest BCUT2D eigenvalue weighted by molar-refractivity contribution is 6.32. The van der Waals surface area contributed by atoms with Gasteiger partial charge >= 0.3 is 0 Å². The lowest BCUT2D eigenvalue weighted by Gasteiger charge is -2.11. The molecule has 0 atom stereocenters. The van der Waals surface area contributed by atoms with Gasteiger partial charge < -0.3 is 14.8 Å². The number of halogens is 1. The molecule has 0 aliphatic carbocycles. The molecule has 102 valence electrons. The molecule has 0 bridgehead atoms. The van der Waals surface area contributed by atoms with Crippen LogP contribution in [0.3, 0.4) is 0 Å². The molecule has 1 aliphatic heterocycles. The second-order valence-corrected chi connectivity index (χ2v) is 4.63. The molecule has 1 aromatic rings. The first-order valence-corrected chi connectivity index (χ1v) is 6.54. The Morgan fingerprint density at radius 2 is 2.21 bits per heavy atom. The van der Waals surface area contributed by atoms with E-state index in [0.29, 0.717) is 36.3 Å². The number of benzene rings is 1. The molecule has 2 rings (SSSR count). The van der Waals surface area contributed by atoms with E-state index in [1.165, 1.54) is 0 Å². The number of ether oxygens (including phenoxy) is 2. The molecule has 0 saturated carbocycles. The summed E-state index contributed by atoms with van der Waals surface area (Å²) in [6.45, 7) is 5.19. The van der Waals surface area contributed by atoms with Crippen molar-refractivity contribution in [1.29, 1.82) is 0 Å². The van der Waals surface area contributed by atoms with E-state index < -0.39 is 0 Å². The van der Waals surface area contributed by atoms with Crippen molar-refractivity contribution in [2.24, 2.45) is 0 Å². The first kappa shape index (κ1) is 13.7. The molecule has 4 nitrogen and oxygen atoms in total. The number of rotatable bonds is 4. The van der Waals surface area contributed by atoms with Gasteiger partial charge in [-0.05, 0) is 17.7 Å². The maximum absolute atomic E-state index is 11.6. The van der Waals surface area contributed by atoms with E-state index in [-0.39, 0.29) is 12.3 Å². The van der Waals surface area contributed by atoms with Crippen molar-refractivity contribution in [3.63, 3.8) is 0 Å². The van der Waals surface area contributed by atoms with Crippen molar-refractivity contribution in [2.75, 3.05) is 19.8 Å². The minimum atomic E-state index is -0.0783. The van der Waals surface area contributed by atoms with Gasteiger partial charge in [-0.15, -0.1) is 6.58 Å². The van der Waals surface area contributed by atoms with Gasteiger partial charge in [-0.3, -0.25) is 4.79 Å². The van der Waals surface area contributed by atoms with Gasteiger partial charge in [0.1, 0.15) is 0 Å². The summed E-state index contributed by atoms with van der Waals surface area (Å²) >= 11 is 6.15. The molecule has 0 radical (unpaired) electrons. The Morgan fingerprint density at radius 1 is 1.42 bits per heavy atom. The molecule has 1 aromatic carbocycles. The molecule has 0 aromatic heterocycles. The quantitative estimate of drug-likeness (QED) is 0.862. The van der Waals surface area contributed by atoms with Gasteiger partial charge in [0.05, 0.1) is 24.7 Å². The molecule has 1 aliphatic rings. The maximum Gasteiger partial charge on any atom is 0.224 e. The van der Waals surface area contributed by atoms with Crippen molar-refractivity contribution < 1.29 is 14.3 Å². The summed E-state index contributed by atoms with van der Waals surface area (Å²) in [6, 6.07) is 3.54. The Labute approximate surface area is 117 Å². The highest BCUT2D eigenvalue weighted by atomic mass is 35.5. The topological polar surface area (TPSA) is 47.6 Å². The fourth-order valence-corrected chi connectivity index (χ4v) is 2.11. The van der Waals surface area contributed by atoms with Crippen molar-refractivity contribution in [2.45, 2.75) is 12.8 Å². The van der Waals surface area contributed by atoms with Crippen molar-refractivity contribution in [3.8, 4) is 11.5 Å². The first-order chi connectivity index (χ1) is 9.20. The van der Waals surface area contributed by atoms with E-state index in [9.17, 15) is 4.79 Å². The van der Waals surface area contributed by atoms with E-state index in [2.05, 4.69) is 11.9 Å². The molecule has 0 fully saturated rings. The van der Waals surface area contributed by atoms with Crippen LogP contribution in [0, 0.1) is 0 Å². The van der Waals surface area contributed by atoms with E-state index in [1.807, 2.05) is 0 Å². The molecular weight excluding hydrogens is 266 g/mol. The normalized spacial score (nSPS) is 13.5. The fourth-order valence-electron chi connectivity index (χ4n) is 1.82. The second kappa shape index (κ2) is 6.48. The average Bonchev–Trinajstić information content (AvgIpc) is 2.62. The Hall–Kier alpha value is -1.68. The van der Waals surface area contributed by atoms with Crippen LogP contribution < -0.4 is 14.8 Å². The number of amides is 1. The minimum Gasteiger partial charge on any atom is -0.489 e. The first-order valence-electron chi connectivity index (χ1n) is 6.16. The maximum atomic E-state index is 11.6. The molecular formula is C14H16ClNO3. The predicted octanol–water partition coefficient (Wildman–Crippen LogP) is 2.35. The Kier molecular flexibility index (Phi) is 4.68. The third kappa shape index (κ3) is 3.64. The third-order valence-electron chi connectivity index (χ3n) is 2.67. The number of hydrogen-bond acceptors (Lipinski definition) is 3. The van der Waals surface area contributed by atoms with Gasteiger partial charge in [0.25, 0.3) is 0 Å². The molecule has 19 heavy (non-hydrogen) atoms. The zero-order valence-corrected chi connectivity index (χ0v) is 11.3. The minimum absolute atomic E-state index is 0.0783. The Balaban J connectivity index is 2.14. The zero-order chi connectivity index (χ0) is 13.7. The largest absolute Gasteiger partial charge is 0.489 e. The number of carbonyl (C=O) groups is 1. The van der Waals surface area contributed by atoms with E-state index >= 15 is 0 Å². The van der Waals surface area contributed by atoms with E-state index in [1.54, 1.807) is 18.2 Å². The Bertz CT molecular complexity index is 488. The summed E-state index contributed by atoms with van der Waals surface area (Å²) in [6.07, 6.45) is 2.71. The van der Waals surface area contributed by atoms with Crippen LogP contribution in [0.1, 0.15) is 12.0 Å². The molecule has 0 saturated heterocycles. The van der Waals surface area contributed by atoms with Crippen LogP contribution in [0.25, 0.3) is 0 Å². The molecule has 1 N–H and O–H groups in total. The predicted molar refractivity (Wildman–Crippen MR) is 74.0 cm³/mol. The lowest BCUT2D eigenvalue weighted by Crippen LogP contribution is -2.24. The average molecular weight is 282 g/mol. The van der Waals surface area contributed by atoms with E-state index in [4.69, 9.17) is 21.1 Å². The van der Waals surface area contributed by atoms with Gasteiger partial charge in [0.2, 0.25) is 5.91 Å². The standard InChI is InChI=1S/C14H16ClNO3/c1-2-4-16-13(17)9-10-7-11(15)14-12(8-10)18-5-3-6-19-14/h2,7-8H,1,3-6,9H2,(H,16,17). The van der Waals surface area contributed by atoms with Crippen molar-refractivity contribution in [1.82, 2.24) is 5.32 Å². The van der Waals surface area contributed by atoms with Crippen LogP contribution in [0.2, 0.25) is 5.02 Å². The summed E-state index contributed by atoms with van der Waals surface area (Å²) < 4.78 is 11.1. The lowest BCUT2D eigenvalue weighted by molar-refractivity contribution is -0.120. The Morgan fingerprint density at radius 3 is 3.00 bits per heavy atom. The SMILES string of the molecule is C=CCNC(=O)Cc1cc(Cl)c2c(c1)OCCCO2. The van der Waals surface area contributed by atoms with Crippen LogP contribution in [0.15, 0.2) is 24.8 Å².